The van der Waals surface area contributed by atoms with E-state index in [2.05, 4.69) is 45.9 Å². The molecule has 0 aliphatic rings. The van der Waals surface area contributed by atoms with Crippen LogP contribution >= 0.6 is 12.2 Å². The highest BCUT2D eigenvalue weighted by Gasteiger charge is 2.30. The normalized spacial score (nSPS) is 11.4. The fourth-order valence-electron chi connectivity index (χ4n) is 3.85. The summed E-state index contributed by atoms with van der Waals surface area (Å²) in [5, 5.41) is 13.0. The number of nitrogens with one attached hydrogen (secondary N) is 3. The van der Waals surface area contributed by atoms with Gasteiger partial charge in [-0.2, -0.15) is 13.2 Å². The molecule has 3 N–H and O–H groups in total. The second-order valence-corrected chi connectivity index (χ2v) is 9.67. The van der Waals surface area contributed by atoms with Crippen molar-refractivity contribution in [2.75, 3.05) is 5.32 Å². The molecule has 0 fully saturated rings. The number of nitrogens with zero attached hydrogens (tertiary/aromatic N) is 3. The van der Waals surface area contributed by atoms with Crippen LogP contribution in [-0.2, 0) is 12.7 Å². The monoisotopic (exact) mass is 552 g/mol. The summed E-state index contributed by atoms with van der Waals surface area (Å²) in [6.45, 7) is 6.48. The molecule has 0 spiro atoms. The lowest BCUT2D eigenvalue weighted by molar-refractivity contribution is -0.137. The van der Waals surface area contributed by atoms with Gasteiger partial charge in [0, 0.05) is 17.8 Å². The van der Waals surface area contributed by atoms with Crippen LogP contribution in [0.2, 0.25) is 0 Å². The van der Waals surface area contributed by atoms with Crippen molar-refractivity contribution in [1.82, 2.24) is 25.4 Å². The van der Waals surface area contributed by atoms with E-state index >= 15 is 0 Å². The van der Waals surface area contributed by atoms with Crippen molar-refractivity contribution < 1.29 is 18.0 Å². The molecule has 0 aliphatic carbocycles. The molecular formula is C28H27F3N6OS. The van der Waals surface area contributed by atoms with Crippen LogP contribution < -0.4 is 16.0 Å². The number of aryl methyl sites for hydroxylation is 1. The van der Waals surface area contributed by atoms with E-state index in [0.717, 1.165) is 40.1 Å². The fraction of sp³-hybridized carbons (Fsp3) is 0.214. The zero-order valence-electron chi connectivity index (χ0n) is 21.5. The van der Waals surface area contributed by atoms with Crippen molar-refractivity contribution in [2.45, 2.75) is 39.4 Å². The Hall–Kier alpha value is -4.25. The van der Waals surface area contributed by atoms with Crippen molar-refractivity contribution in [3.8, 4) is 17.1 Å². The third-order valence-corrected chi connectivity index (χ3v) is 6.12. The number of amides is 2. The van der Waals surface area contributed by atoms with E-state index in [1.165, 1.54) is 23.1 Å². The Morgan fingerprint density at radius 2 is 1.72 bits per heavy atom. The lowest BCUT2D eigenvalue weighted by Crippen LogP contribution is -2.41. The minimum absolute atomic E-state index is 0.198. The number of thiocarbonyl (C=S) groups is 1. The molecule has 4 rings (SSSR count). The molecule has 11 heteroatoms. The standard InChI is InChI=1S/C28H27F3N6OS/c1-17(2)23-14-18(3)4-13-24(23)34-27(39)35-26(38)32-15-19-5-7-20(8-6-19)25-33-16-37(36-25)22-11-9-21(10-12-22)28(29,30)31/h4-14,16-17H,15H2,1-3H3,(H3,32,34,35,38,39). The summed E-state index contributed by atoms with van der Waals surface area (Å²) >= 11 is 5.30. The quantitative estimate of drug-likeness (QED) is 0.235. The summed E-state index contributed by atoms with van der Waals surface area (Å²) < 4.78 is 39.8. The van der Waals surface area contributed by atoms with Crippen LogP contribution in [0.1, 0.15) is 42.0 Å². The van der Waals surface area contributed by atoms with Crippen LogP contribution in [0.4, 0.5) is 23.7 Å². The summed E-state index contributed by atoms with van der Waals surface area (Å²) in [4.78, 5) is 16.6. The lowest BCUT2D eigenvalue weighted by atomic mass is 9.99. The van der Waals surface area contributed by atoms with E-state index < -0.39 is 17.8 Å². The number of alkyl halides is 3. The van der Waals surface area contributed by atoms with Gasteiger partial charge in [0.15, 0.2) is 10.9 Å². The van der Waals surface area contributed by atoms with Crippen LogP contribution in [0.3, 0.4) is 0 Å². The summed E-state index contributed by atoms with van der Waals surface area (Å²) in [7, 11) is 0. The largest absolute Gasteiger partial charge is 0.416 e. The van der Waals surface area contributed by atoms with Gasteiger partial charge >= 0.3 is 12.2 Å². The predicted octanol–water partition coefficient (Wildman–Crippen LogP) is 6.58. The molecule has 2 amide bonds. The van der Waals surface area contributed by atoms with Crippen LogP contribution in [0, 0.1) is 6.92 Å². The Kier molecular flexibility index (Phi) is 8.29. The minimum atomic E-state index is -4.40. The number of rotatable bonds is 6. The van der Waals surface area contributed by atoms with Crippen molar-refractivity contribution in [3.05, 3.63) is 95.3 Å². The molecule has 0 saturated carbocycles. The number of carbonyl (C=O) groups is 1. The average molecular weight is 553 g/mol. The first-order valence-electron chi connectivity index (χ1n) is 12.1. The Labute approximate surface area is 229 Å². The van der Waals surface area contributed by atoms with E-state index in [9.17, 15) is 18.0 Å². The Morgan fingerprint density at radius 3 is 2.36 bits per heavy atom. The highest BCUT2D eigenvalue weighted by atomic mass is 32.1. The minimum Gasteiger partial charge on any atom is -0.334 e. The molecule has 1 aromatic heterocycles. The molecule has 0 aliphatic heterocycles. The third kappa shape index (κ3) is 7.20. The number of aromatic nitrogens is 3. The van der Waals surface area contributed by atoms with Crippen LogP contribution in [0.15, 0.2) is 73.1 Å². The maximum Gasteiger partial charge on any atom is 0.416 e. The molecule has 3 aromatic carbocycles. The van der Waals surface area contributed by atoms with E-state index in [4.69, 9.17) is 12.2 Å². The number of carbonyl (C=O) groups excluding carboxylic acids is 1. The summed E-state index contributed by atoms with van der Waals surface area (Å²) in [6, 6.07) is 17.5. The molecule has 4 aromatic rings. The SMILES string of the molecule is Cc1ccc(NC(=S)NC(=O)NCc2ccc(-c3ncn(-c4ccc(C(F)(F)F)cc4)n3)cc2)c(C(C)C)c1. The predicted molar refractivity (Wildman–Crippen MR) is 149 cm³/mol. The molecule has 0 radical (unpaired) electrons. The molecule has 0 atom stereocenters. The van der Waals surface area contributed by atoms with Gasteiger partial charge in [0.05, 0.1) is 11.3 Å². The van der Waals surface area contributed by atoms with E-state index in [-0.39, 0.29) is 11.7 Å². The number of hydrogen-bond donors (Lipinski definition) is 3. The van der Waals surface area contributed by atoms with Gasteiger partial charge in [-0.15, -0.1) is 5.10 Å². The summed E-state index contributed by atoms with van der Waals surface area (Å²) in [5.41, 5.74) is 4.41. The Balaban J connectivity index is 1.31. The summed E-state index contributed by atoms with van der Waals surface area (Å²) in [6.07, 6.45) is -2.96. The lowest BCUT2D eigenvalue weighted by Gasteiger charge is -2.16. The molecule has 1 heterocycles. The first kappa shape index (κ1) is 27.8. The molecule has 0 saturated heterocycles. The maximum absolute atomic E-state index is 12.8. The first-order chi connectivity index (χ1) is 18.5. The molecule has 202 valence electrons. The van der Waals surface area contributed by atoms with E-state index in [0.29, 0.717) is 17.4 Å². The van der Waals surface area contributed by atoms with Gasteiger partial charge in [-0.25, -0.2) is 14.5 Å². The topological polar surface area (TPSA) is 83.9 Å². The summed E-state index contributed by atoms with van der Waals surface area (Å²) in [5.74, 6) is 0.709. The van der Waals surface area contributed by atoms with Gasteiger partial charge < -0.3 is 10.6 Å². The fourth-order valence-corrected chi connectivity index (χ4v) is 4.05. The van der Waals surface area contributed by atoms with Crippen LogP contribution in [-0.4, -0.2) is 25.9 Å². The third-order valence-electron chi connectivity index (χ3n) is 5.92. The zero-order valence-corrected chi connectivity index (χ0v) is 22.3. The number of urea groups is 1. The average Bonchev–Trinajstić information content (AvgIpc) is 3.39. The number of halogens is 3. The van der Waals surface area contributed by atoms with Crippen molar-refractivity contribution >= 4 is 29.0 Å². The van der Waals surface area contributed by atoms with E-state index in [1.54, 1.807) is 12.1 Å². The second-order valence-electron chi connectivity index (χ2n) is 9.26. The first-order valence-corrected chi connectivity index (χ1v) is 12.6. The number of benzene rings is 3. The Bertz CT molecular complexity index is 1460. The van der Waals surface area contributed by atoms with Gasteiger partial charge in [0.1, 0.15) is 6.33 Å². The van der Waals surface area contributed by atoms with Gasteiger partial charge in [-0.1, -0.05) is 55.8 Å². The van der Waals surface area contributed by atoms with E-state index in [1.807, 2.05) is 31.2 Å². The number of hydrogen-bond acceptors (Lipinski definition) is 4. The molecule has 0 unspecified atom stereocenters. The van der Waals surface area contributed by atoms with Gasteiger partial charge in [-0.3, -0.25) is 5.32 Å². The highest BCUT2D eigenvalue weighted by molar-refractivity contribution is 7.80. The van der Waals surface area contributed by atoms with Gasteiger partial charge in [0.2, 0.25) is 0 Å². The molecule has 7 nitrogen and oxygen atoms in total. The smallest absolute Gasteiger partial charge is 0.334 e. The number of anilines is 1. The van der Waals surface area contributed by atoms with Crippen LogP contribution in [0.5, 0.6) is 0 Å². The second kappa shape index (κ2) is 11.6. The van der Waals surface area contributed by atoms with Gasteiger partial charge in [-0.05, 0) is 66.5 Å². The van der Waals surface area contributed by atoms with Gasteiger partial charge in [0.25, 0.3) is 0 Å². The Morgan fingerprint density at radius 1 is 1.03 bits per heavy atom. The zero-order chi connectivity index (χ0) is 28.2. The van der Waals surface area contributed by atoms with Crippen molar-refractivity contribution in [2.24, 2.45) is 0 Å². The van der Waals surface area contributed by atoms with Crippen molar-refractivity contribution in [3.63, 3.8) is 0 Å². The van der Waals surface area contributed by atoms with Crippen molar-refractivity contribution in [1.29, 1.82) is 0 Å². The van der Waals surface area contributed by atoms with Crippen LogP contribution in [0.25, 0.3) is 17.1 Å². The maximum atomic E-state index is 12.8. The molecule has 39 heavy (non-hydrogen) atoms. The molecular weight excluding hydrogens is 525 g/mol. The molecule has 0 bridgehead atoms. The highest BCUT2D eigenvalue weighted by Crippen LogP contribution is 2.29.